The van der Waals surface area contributed by atoms with Gasteiger partial charge < -0.3 is 5.32 Å². The molecule has 1 N–H and O–H groups in total. The fraction of sp³-hybridized carbons (Fsp3) is 0.250. The Hall–Kier alpha value is -1.09. The SMILES string of the molecule is CC(NC(C)c1ccccc1F)c1ccc(Cl)c(Cl)c1. The smallest absolute Gasteiger partial charge is 0.127 e. The number of benzene rings is 2. The van der Waals surface area contributed by atoms with Crippen LogP contribution in [0.1, 0.15) is 37.1 Å². The zero-order chi connectivity index (χ0) is 14.7. The molecular weight excluding hydrogens is 296 g/mol. The average Bonchev–Trinajstić information content (AvgIpc) is 2.42. The minimum absolute atomic E-state index is 0.0411. The van der Waals surface area contributed by atoms with E-state index in [1.807, 2.05) is 32.0 Å². The van der Waals surface area contributed by atoms with Crippen LogP contribution in [0.5, 0.6) is 0 Å². The van der Waals surface area contributed by atoms with Gasteiger partial charge in [0.1, 0.15) is 5.82 Å². The summed E-state index contributed by atoms with van der Waals surface area (Å²) >= 11 is 11.9. The summed E-state index contributed by atoms with van der Waals surface area (Å²) in [4.78, 5) is 0. The molecular formula is C16H16Cl2FN. The summed E-state index contributed by atoms with van der Waals surface area (Å²) in [7, 11) is 0. The monoisotopic (exact) mass is 311 g/mol. The van der Waals surface area contributed by atoms with Crippen molar-refractivity contribution in [3.63, 3.8) is 0 Å². The second-order valence-corrected chi connectivity index (χ2v) is 5.62. The number of hydrogen-bond donors (Lipinski definition) is 1. The molecule has 0 fully saturated rings. The maximum absolute atomic E-state index is 13.7. The quantitative estimate of drug-likeness (QED) is 0.781. The van der Waals surface area contributed by atoms with E-state index in [0.717, 1.165) is 5.56 Å². The molecule has 2 atom stereocenters. The highest BCUT2D eigenvalue weighted by molar-refractivity contribution is 6.42. The minimum Gasteiger partial charge on any atom is -0.304 e. The van der Waals surface area contributed by atoms with E-state index in [4.69, 9.17) is 23.2 Å². The molecule has 0 aliphatic carbocycles. The summed E-state index contributed by atoms with van der Waals surface area (Å²) in [5.41, 5.74) is 1.67. The maximum Gasteiger partial charge on any atom is 0.127 e. The molecule has 2 aromatic carbocycles. The number of nitrogens with one attached hydrogen (secondary N) is 1. The van der Waals surface area contributed by atoms with Crippen LogP contribution >= 0.6 is 23.2 Å². The highest BCUT2D eigenvalue weighted by atomic mass is 35.5. The second kappa shape index (κ2) is 6.57. The Balaban J connectivity index is 2.13. The summed E-state index contributed by atoms with van der Waals surface area (Å²) in [5, 5.41) is 4.41. The first-order chi connectivity index (χ1) is 9.49. The molecule has 0 aliphatic rings. The third-order valence-electron chi connectivity index (χ3n) is 3.32. The second-order valence-electron chi connectivity index (χ2n) is 4.81. The van der Waals surface area contributed by atoms with Crippen molar-refractivity contribution >= 4 is 23.2 Å². The molecule has 0 heterocycles. The van der Waals surface area contributed by atoms with Gasteiger partial charge in [-0.25, -0.2) is 4.39 Å². The fourth-order valence-electron chi connectivity index (χ4n) is 2.17. The van der Waals surface area contributed by atoms with E-state index in [1.165, 1.54) is 6.07 Å². The standard InChI is InChI=1S/C16H16Cl2FN/c1-10(12-7-8-14(17)15(18)9-12)20-11(2)13-5-3-4-6-16(13)19/h3-11,20H,1-2H3. The van der Waals surface area contributed by atoms with Crippen molar-refractivity contribution in [1.82, 2.24) is 5.32 Å². The fourth-order valence-corrected chi connectivity index (χ4v) is 2.48. The van der Waals surface area contributed by atoms with Gasteiger partial charge in [0.2, 0.25) is 0 Å². The van der Waals surface area contributed by atoms with Gasteiger partial charge in [-0.05, 0) is 37.6 Å². The maximum atomic E-state index is 13.7. The van der Waals surface area contributed by atoms with Gasteiger partial charge in [-0.2, -0.15) is 0 Å². The van der Waals surface area contributed by atoms with Crippen molar-refractivity contribution in [1.29, 1.82) is 0 Å². The van der Waals surface area contributed by atoms with Gasteiger partial charge in [0.25, 0.3) is 0 Å². The lowest BCUT2D eigenvalue weighted by Crippen LogP contribution is -2.23. The molecule has 0 radical (unpaired) electrons. The molecule has 2 aromatic rings. The zero-order valence-electron chi connectivity index (χ0n) is 11.3. The molecule has 1 nitrogen and oxygen atoms in total. The summed E-state index contributed by atoms with van der Waals surface area (Å²) in [6, 6.07) is 12.2. The van der Waals surface area contributed by atoms with Gasteiger partial charge in [0.05, 0.1) is 10.0 Å². The van der Waals surface area contributed by atoms with Crippen molar-refractivity contribution in [3.8, 4) is 0 Å². The number of hydrogen-bond acceptors (Lipinski definition) is 1. The van der Waals surface area contributed by atoms with Crippen molar-refractivity contribution in [2.75, 3.05) is 0 Å². The molecule has 0 amide bonds. The van der Waals surface area contributed by atoms with Gasteiger partial charge >= 0.3 is 0 Å². The molecule has 0 aliphatic heterocycles. The summed E-state index contributed by atoms with van der Waals surface area (Å²) in [5.74, 6) is -0.200. The van der Waals surface area contributed by atoms with Gasteiger partial charge in [-0.15, -0.1) is 0 Å². The van der Waals surface area contributed by atoms with E-state index in [2.05, 4.69) is 5.32 Å². The molecule has 2 unspecified atom stereocenters. The highest BCUT2D eigenvalue weighted by Crippen LogP contribution is 2.27. The van der Waals surface area contributed by atoms with Gasteiger partial charge in [-0.1, -0.05) is 47.5 Å². The number of rotatable bonds is 4. The first-order valence-corrected chi connectivity index (χ1v) is 7.20. The Morgan fingerprint density at radius 1 is 0.950 bits per heavy atom. The summed E-state index contributed by atoms with van der Waals surface area (Å²) in [6.45, 7) is 3.95. The van der Waals surface area contributed by atoms with E-state index in [9.17, 15) is 4.39 Å². The van der Waals surface area contributed by atoms with Crippen LogP contribution in [0.25, 0.3) is 0 Å². The predicted octanol–water partition coefficient (Wildman–Crippen LogP) is 5.54. The molecule has 20 heavy (non-hydrogen) atoms. The van der Waals surface area contributed by atoms with Crippen LogP contribution in [-0.4, -0.2) is 0 Å². The zero-order valence-corrected chi connectivity index (χ0v) is 12.8. The van der Waals surface area contributed by atoms with Crippen molar-refractivity contribution in [2.24, 2.45) is 0 Å². The van der Waals surface area contributed by atoms with Gasteiger partial charge in [0.15, 0.2) is 0 Å². The van der Waals surface area contributed by atoms with Gasteiger partial charge in [0, 0.05) is 17.6 Å². The lowest BCUT2D eigenvalue weighted by atomic mass is 10.0. The highest BCUT2D eigenvalue weighted by Gasteiger charge is 2.14. The molecule has 106 valence electrons. The van der Waals surface area contributed by atoms with E-state index >= 15 is 0 Å². The minimum atomic E-state index is -0.200. The molecule has 0 saturated heterocycles. The third-order valence-corrected chi connectivity index (χ3v) is 4.05. The molecule has 2 rings (SSSR count). The number of halogens is 3. The lowest BCUT2D eigenvalue weighted by molar-refractivity contribution is 0.474. The molecule has 0 bridgehead atoms. The predicted molar refractivity (Wildman–Crippen MR) is 82.8 cm³/mol. The van der Waals surface area contributed by atoms with Crippen LogP contribution in [-0.2, 0) is 0 Å². The summed E-state index contributed by atoms with van der Waals surface area (Å²) < 4.78 is 13.7. The van der Waals surface area contributed by atoms with Crippen LogP contribution in [0.3, 0.4) is 0 Å². The topological polar surface area (TPSA) is 12.0 Å². The first kappa shape index (κ1) is 15.3. The first-order valence-electron chi connectivity index (χ1n) is 6.44. The Kier molecular flexibility index (Phi) is 5.03. The van der Waals surface area contributed by atoms with E-state index in [0.29, 0.717) is 15.6 Å². The van der Waals surface area contributed by atoms with Crippen molar-refractivity contribution in [3.05, 3.63) is 69.5 Å². The van der Waals surface area contributed by atoms with E-state index in [1.54, 1.807) is 18.2 Å². The Labute approximate surface area is 128 Å². The Morgan fingerprint density at radius 2 is 1.65 bits per heavy atom. The van der Waals surface area contributed by atoms with Crippen LogP contribution in [0.2, 0.25) is 10.0 Å². The molecule has 0 saturated carbocycles. The van der Waals surface area contributed by atoms with Crippen LogP contribution < -0.4 is 5.32 Å². The van der Waals surface area contributed by atoms with E-state index in [-0.39, 0.29) is 17.9 Å². The average molecular weight is 312 g/mol. The summed E-state index contributed by atoms with van der Waals surface area (Å²) in [6.07, 6.45) is 0. The van der Waals surface area contributed by atoms with Crippen molar-refractivity contribution in [2.45, 2.75) is 25.9 Å². The van der Waals surface area contributed by atoms with Crippen LogP contribution in [0.15, 0.2) is 42.5 Å². The largest absolute Gasteiger partial charge is 0.304 e. The normalized spacial score (nSPS) is 14.1. The van der Waals surface area contributed by atoms with Crippen molar-refractivity contribution < 1.29 is 4.39 Å². The Bertz CT molecular complexity index is 601. The van der Waals surface area contributed by atoms with E-state index < -0.39 is 0 Å². The van der Waals surface area contributed by atoms with Crippen LogP contribution in [0, 0.1) is 5.82 Å². The van der Waals surface area contributed by atoms with Crippen LogP contribution in [0.4, 0.5) is 4.39 Å². The molecule has 0 spiro atoms. The van der Waals surface area contributed by atoms with Gasteiger partial charge in [-0.3, -0.25) is 0 Å². The molecule has 4 heteroatoms. The lowest BCUT2D eigenvalue weighted by Gasteiger charge is -2.21. The molecule has 0 aromatic heterocycles. The Morgan fingerprint density at radius 3 is 2.30 bits per heavy atom. The third kappa shape index (κ3) is 3.51.